The van der Waals surface area contributed by atoms with Crippen molar-refractivity contribution in [3.05, 3.63) is 0 Å². The van der Waals surface area contributed by atoms with Crippen LogP contribution < -0.4 is 0 Å². The monoisotopic (exact) mass is 267 g/mol. The molecule has 106 valence electrons. The Labute approximate surface area is 113 Å². The largest absolute Gasteiger partial charge is 0.467 e. The van der Waals surface area contributed by atoms with Gasteiger partial charge in [0, 0.05) is 12.3 Å². The van der Waals surface area contributed by atoms with Gasteiger partial charge in [0.1, 0.15) is 6.04 Å². The topological polar surface area (TPSA) is 63.7 Å². The molecule has 0 aromatic rings. The number of ether oxygens (including phenoxy) is 1. The van der Waals surface area contributed by atoms with Gasteiger partial charge in [0.05, 0.1) is 7.11 Å². The Kier molecular flexibility index (Phi) is 4.22. The van der Waals surface area contributed by atoms with Gasteiger partial charge in [-0.15, -0.1) is 0 Å². The summed E-state index contributed by atoms with van der Waals surface area (Å²) in [5.41, 5.74) is 0. The summed E-state index contributed by atoms with van der Waals surface area (Å²) in [5, 5.41) is 0. The van der Waals surface area contributed by atoms with Crippen LogP contribution in [-0.2, 0) is 19.1 Å². The van der Waals surface area contributed by atoms with Crippen LogP contribution in [0.1, 0.15) is 45.4 Å². The second kappa shape index (κ2) is 5.72. The predicted molar refractivity (Wildman–Crippen MR) is 68.0 cm³/mol. The van der Waals surface area contributed by atoms with Crippen LogP contribution in [0, 0.1) is 11.8 Å². The lowest BCUT2D eigenvalue weighted by atomic mass is 9.79. The molecule has 1 aliphatic heterocycles. The molecule has 1 heterocycles. The highest BCUT2D eigenvalue weighted by molar-refractivity contribution is 6.02. The van der Waals surface area contributed by atoms with Crippen LogP contribution in [0.2, 0.25) is 0 Å². The van der Waals surface area contributed by atoms with Gasteiger partial charge in [-0.1, -0.05) is 19.8 Å². The maximum Gasteiger partial charge on any atom is 0.329 e. The van der Waals surface area contributed by atoms with E-state index in [2.05, 4.69) is 6.92 Å². The van der Waals surface area contributed by atoms with Crippen LogP contribution in [0.15, 0.2) is 0 Å². The van der Waals surface area contributed by atoms with Gasteiger partial charge < -0.3 is 4.74 Å². The predicted octanol–water partition coefficient (Wildman–Crippen LogP) is 1.50. The van der Waals surface area contributed by atoms with Crippen molar-refractivity contribution in [2.24, 2.45) is 11.8 Å². The molecule has 1 saturated carbocycles. The first kappa shape index (κ1) is 14.0. The highest BCUT2D eigenvalue weighted by atomic mass is 16.5. The number of esters is 1. The second-order valence-corrected chi connectivity index (χ2v) is 5.55. The molecule has 2 fully saturated rings. The van der Waals surface area contributed by atoms with Crippen molar-refractivity contribution in [1.82, 2.24) is 4.90 Å². The molecule has 0 radical (unpaired) electrons. The minimum atomic E-state index is -0.709. The molecule has 0 aromatic carbocycles. The fourth-order valence-corrected chi connectivity index (χ4v) is 3.18. The lowest BCUT2D eigenvalue weighted by Gasteiger charge is -2.32. The zero-order valence-electron chi connectivity index (χ0n) is 11.6. The number of hydrogen-bond donors (Lipinski definition) is 0. The third-order valence-corrected chi connectivity index (χ3v) is 4.35. The van der Waals surface area contributed by atoms with E-state index >= 15 is 0 Å². The van der Waals surface area contributed by atoms with Crippen LogP contribution in [0.3, 0.4) is 0 Å². The third kappa shape index (κ3) is 2.65. The van der Waals surface area contributed by atoms with E-state index in [9.17, 15) is 14.4 Å². The van der Waals surface area contributed by atoms with Crippen molar-refractivity contribution < 1.29 is 19.1 Å². The zero-order chi connectivity index (χ0) is 14.0. The van der Waals surface area contributed by atoms with E-state index < -0.39 is 12.0 Å². The van der Waals surface area contributed by atoms with E-state index in [1.807, 2.05) is 0 Å². The van der Waals surface area contributed by atoms with E-state index in [1.54, 1.807) is 0 Å². The summed E-state index contributed by atoms with van der Waals surface area (Å²) in [6.07, 6.45) is 4.63. The molecule has 0 bridgehead atoms. The highest BCUT2D eigenvalue weighted by Crippen LogP contribution is 2.33. The SMILES string of the molecule is COC(=O)[C@@H]1CCC(=O)N1C(=O)[C@@H]1CCCC[C@H]1C. The lowest BCUT2D eigenvalue weighted by molar-refractivity contribution is -0.158. The number of imide groups is 1. The van der Waals surface area contributed by atoms with Gasteiger partial charge in [-0.25, -0.2) is 4.79 Å². The number of carbonyl (C=O) groups excluding carboxylic acids is 3. The molecule has 1 saturated heterocycles. The molecule has 0 spiro atoms. The van der Waals surface area contributed by atoms with Gasteiger partial charge in [-0.05, 0) is 25.2 Å². The van der Waals surface area contributed by atoms with E-state index in [0.29, 0.717) is 6.42 Å². The van der Waals surface area contributed by atoms with Gasteiger partial charge in [0.15, 0.2) is 0 Å². The first-order chi connectivity index (χ1) is 9.06. The molecule has 5 nitrogen and oxygen atoms in total. The summed E-state index contributed by atoms with van der Waals surface area (Å²) in [7, 11) is 1.29. The molecule has 2 rings (SSSR count). The number of methoxy groups -OCH3 is 1. The van der Waals surface area contributed by atoms with Crippen LogP contribution >= 0.6 is 0 Å². The van der Waals surface area contributed by atoms with Crippen molar-refractivity contribution in [3.63, 3.8) is 0 Å². The van der Waals surface area contributed by atoms with Crippen LogP contribution in [0.25, 0.3) is 0 Å². The Morgan fingerprint density at radius 2 is 1.89 bits per heavy atom. The maximum absolute atomic E-state index is 12.5. The number of amides is 2. The van der Waals surface area contributed by atoms with Gasteiger partial charge in [0.25, 0.3) is 0 Å². The fourth-order valence-electron chi connectivity index (χ4n) is 3.18. The first-order valence-electron chi connectivity index (χ1n) is 7.00. The number of hydrogen-bond acceptors (Lipinski definition) is 4. The van der Waals surface area contributed by atoms with Crippen molar-refractivity contribution in [2.75, 3.05) is 7.11 Å². The second-order valence-electron chi connectivity index (χ2n) is 5.55. The third-order valence-electron chi connectivity index (χ3n) is 4.35. The molecule has 0 N–H and O–H groups in total. The summed E-state index contributed by atoms with van der Waals surface area (Å²) in [6.45, 7) is 2.05. The molecule has 2 aliphatic rings. The minimum absolute atomic E-state index is 0.122. The fraction of sp³-hybridized carbons (Fsp3) is 0.786. The van der Waals surface area contributed by atoms with Crippen LogP contribution in [0.5, 0.6) is 0 Å². The Bertz CT molecular complexity index is 393. The van der Waals surface area contributed by atoms with Gasteiger partial charge >= 0.3 is 5.97 Å². The molecular formula is C14H21NO4. The van der Waals surface area contributed by atoms with Crippen molar-refractivity contribution in [3.8, 4) is 0 Å². The Balaban J connectivity index is 2.15. The van der Waals surface area contributed by atoms with Crippen molar-refractivity contribution in [2.45, 2.75) is 51.5 Å². The van der Waals surface area contributed by atoms with Crippen LogP contribution in [-0.4, -0.2) is 35.8 Å². The average molecular weight is 267 g/mol. The summed E-state index contributed by atoms with van der Waals surface area (Å²) in [4.78, 5) is 37.3. The number of nitrogens with zero attached hydrogens (tertiary/aromatic N) is 1. The zero-order valence-corrected chi connectivity index (χ0v) is 11.6. The average Bonchev–Trinajstić information content (AvgIpc) is 2.79. The lowest BCUT2D eigenvalue weighted by Crippen LogP contribution is -2.47. The minimum Gasteiger partial charge on any atom is -0.467 e. The standard InChI is InChI=1S/C14H21NO4/c1-9-5-3-4-6-10(9)13(17)15-11(14(18)19-2)7-8-12(15)16/h9-11H,3-8H2,1-2H3/t9-,10-,11+/m1/s1. The van der Waals surface area contributed by atoms with Crippen molar-refractivity contribution >= 4 is 17.8 Å². The summed E-state index contributed by atoms with van der Waals surface area (Å²) in [5.74, 6) is -0.734. The van der Waals surface area contributed by atoms with Crippen molar-refractivity contribution in [1.29, 1.82) is 0 Å². The van der Waals surface area contributed by atoms with Gasteiger partial charge in [-0.2, -0.15) is 0 Å². The maximum atomic E-state index is 12.5. The first-order valence-corrected chi connectivity index (χ1v) is 7.00. The van der Waals surface area contributed by atoms with Gasteiger partial charge in [0.2, 0.25) is 11.8 Å². The Morgan fingerprint density at radius 1 is 1.21 bits per heavy atom. The molecule has 5 heteroatoms. The molecule has 1 aliphatic carbocycles. The van der Waals surface area contributed by atoms with E-state index in [-0.39, 0.29) is 30.1 Å². The van der Waals surface area contributed by atoms with E-state index in [0.717, 1.165) is 30.6 Å². The molecule has 2 amide bonds. The van der Waals surface area contributed by atoms with Gasteiger partial charge in [-0.3, -0.25) is 14.5 Å². The van der Waals surface area contributed by atoms with E-state index in [4.69, 9.17) is 4.74 Å². The molecule has 19 heavy (non-hydrogen) atoms. The molecule has 0 unspecified atom stereocenters. The number of likely N-dealkylation sites (tertiary alicyclic amines) is 1. The summed E-state index contributed by atoms with van der Waals surface area (Å²) >= 11 is 0. The summed E-state index contributed by atoms with van der Waals surface area (Å²) in [6, 6.07) is -0.709. The normalized spacial score (nSPS) is 31.4. The number of carbonyl (C=O) groups is 3. The number of rotatable bonds is 2. The van der Waals surface area contributed by atoms with E-state index in [1.165, 1.54) is 7.11 Å². The summed E-state index contributed by atoms with van der Waals surface area (Å²) < 4.78 is 4.69. The Hall–Kier alpha value is -1.39. The van der Waals surface area contributed by atoms with Crippen LogP contribution in [0.4, 0.5) is 0 Å². The Morgan fingerprint density at radius 3 is 2.53 bits per heavy atom. The molecular weight excluding hydrogens is 246 g/mol. The smallest absolute Gasteiger partial charge is 0.329 e. The molecule has 0 aromatic heterocycles. The highest BCUT2D eigenvalue weighted by Gasteiger charge is 2.44. The molecule has 3 atom stereocenters. The quantitative estimate of drug-likeness (QED) is 0.562.